The van der Waals surface area contributed by atoms with E-state index in [1.807, 2.05) is 18.2 Å². The van der Waals surface area contributed by atoms with E-state index in [0.29, 0.717) is 23.5 Å². The lowest BCUT2D eigenvalue weighted by molar-refractivity contribution is 0.0450. The zero-order valence-electron chi connectivity index (χ0n) is 11.2. The fraction of sp³-hybridized carbons (Fsp3) is 0.438. The third-order valence-electron chi connectivity index (χ3n) is 4.17. The number of methoxy groups -OCH3 is 1. The van der Waals surface area contributed by atoms with Gasteiger partial charge in [-0.3, -0.25) is 4.79 Å². The average Bonchev–Trinajstić information content (AvgIpc) is 2.85. The van der Waals surface area contributed by atoms with Gasteiger partial charge in [-0.05, 0) is 43.9 Å². The van der Waals surface area contributed by atoms with E-state index < -0.39 is 0 Å². The van der Waals surface area contributed by atoms with Gasteiger partial charge in [0.1, 0.15) is 17.1 Å². The lowest BCUT2D eigenvalue weighted by atomic mass is 9.88. The van der Waals surface area contributed by atoms with Crippen LogP contribution in [0.4, 0.5) is 0 Å². The molecule has 0 saturated heterocycles. The summed E-state index contributed by atoms with van der Waals surface area (Å²) in [7, 11) is 1.58. The van der Waals surface area contributed by atoms with Crippen molar-refractivity contribution in [2.75, 3.05) is 7.11 Å². The van der Waals surface area contributed by atoms with Crippen LogP contribution in [0, 0.1) is 0 Å². The molecule has 2 aliphatic rings. The highest BCUT2D eigenvalue weighted by atomic mass is 16.5. The quantitative estimate of drug-likeness (QED) is 0.760. The predicted molar refractivity (Wildman–Crippen MR) is 73.3 cm³/mol. The third-order valence-corrected chi connectivity index (χ3v) is 4.17. The number of carbonyl (C=O) groups excluding carboxylic acids is 1. The first-order valence-corrected chi connectivity index (χ1v) is 6.73. The minimum absolute atomic E-state index is 0.175. The Hall–Kier alpha value is -1.77. The molecular formula is C16H18O3. The molecule has 100 valence electrons. The number of fused-ring (bicyclic) bond motifs is 1. The molecule has 3 heteroatoms. The van der Waals surface area contributed by atoms with Crippen molar-refractivity contribution >= 4 is 11.5 Å². The molecule has 1 saturated carbocycles. The molecule has 1 heterocycles. The first-order valence-electron chi connectivity index (χ1n) is 6.73. The Morgan fingerprint density at radius 1 is 1.37 bits per heavy atom. The maximum absolute atomic E-state index is 12.4. The number of benzene rings is 1. The van der Waals surface area contributed by atoms with Crippen LogP contribution in [0.3, 0.4) is 0 Å². The van der Waals surface area contributed by atoms with Crippen LogP contribution >= 0.6 is 0 Å². The van der Waals surface area contributed by atoms with E-state index in [4.69, 9.17) is 9.47 Å². The summed E-state index contributed by atoms with van der Waals surface area (Å²) < 4.78 is 11.2. The van der Waals surface area contributed by atoms with Gasteiger partial charge in [0.05, 0.1) is 19.1 Å². The lowest BCUT2D eigenvalue weighted by Crippen LogP contribution is -2.39. The van der Waals surface area contributed by atoms with Crippen molar-refractivity contribution in [3.05, 3.63) is 35.9 Å². The van der Waals surface area contributed by atoms with E-state index >= 15 is 0 Å². The summed E-state index contributed by atoms with van der Waals surface area (Å²) in [5.74, 6) is 1.46. The van der Waals surface area contributed by atoms with Gasteiger partial charge in [-0.2, -0.15) is 0 Å². The van der Waals surface area contributed by atoms with E-state index in [1.54, 1.807) is 7.11 Å². The van der Waals surface area contributed by atoms with Crippen molar-refractivity contribution in [3.63, 3.8) is 0 Å². The van der Waals surface area contributed by atoms with Crippen molar-refractivity contribution < 1.29 is 14.3 Å². The molecule has 0 bridgehead atoms. The van der Waals surface area contributed by atoms with Crippen LogP contribution in [-0.2, 0) is 4.74 Å². The maximum Gasteiger partial charge on any atom is 0.170 e. The van der Waals surface area contributed by atoms with Gasteiger partial charge >= 0.3 is 0 Å². The van der Waals surface area contributed by atoms with Gasteiger partial charge in [0.25, 0.3) is 0 Å². The normalized spacial score (nSPS) is 19.9. The average molecular weight is 258 g/mol. The number of hydrogen-bond donors (Lipinski definition) is 0. The largest absolute Gasteiger partial charge is 0.497 e. The van der Waals surface area contributed by atoms with Crippen LogP contribution in [-0.4, -0.2) is 18.5 Å². The zero-order chi connectivity index (χ0) is 13.5. The molecule has 0 amide bonds. The van der Waals surface area contributed by atoms with Crippen molar-refractivity contribution in [1.29, 1.82) is 0 Å². The van der Waals surface area contributed by atoms with E-state index in [1.165, 1.54) is 0 Å². The zero-order valence-corrected chi connectivity index (χ0v) is 11.2. The van der Waals surface area contributed by atoms with Crippen molar-refractivity contribution in [2.45, 2.75) is 37.7 Å². The number of hydrogen-bond acceptors (Lipinski definition) is 3. The van der Waals surface area contributed by atoms with E-state index in [0.717, 1.165) is 31.2 Å². The molecule has 19 heavy (non-hydrogen) atoms. The Bertz CT molecular complexity index is 539. The SMILES string of the molecule is C=C(OC)c1ccc2c(c1)C(=O)CC1(CCCC1)O2. The molecule has 0 aromatic heterocycles. The second kappa shape index (κ2) is 4.41. The highest BCUT2D eigenvalue weighted by molar-refractivity contribution is 6.01. The summed E-state index contributed by atoms with van der Waals surface area (Å²) in [6.45, 7) is 3.81. The molecule has 0 atom stereocenters. The Labute approximate surface area is 113 Å². The summed E-state index contributed by atoms with van der Waals surface area (Å²) in [5.41, 5.74) is 1.26. The fourth-order valence-corrected chi connectivity index (χ4v) is 3.08. The monoisotopic (exact) mass is 258 g/mol. The van der Waals surface area contributed by atoms with Gasteiger partial charge in [-0.15, -0.1) is 0 Å². The topological polar surface area (TPSA) is 35.5 Å². The van der Waals surface area contributed by atoms with E-state index in [2.05, 4.69) is 6.58 Å². The minimum Gasteiger partial charge on any atom is -0.497 e. The van der Waals surface area contributed by atoms with Crippen LogP contribution in [0.25, 0.3) is 5.76 Å². The molecular weight excluding hydrogens is 240 g/mol. The summed E-state index contributed by atoms with van der Waals surface area (Å²) in [6, 6.07) is 5.59. The van der Waals surface area contributed by atoms with Crippen molar-refractivity contribution in [3.8, 4) is 5.75 Å². The van der Waals surface area contributed by atoms with Gasteiger partial charge in [-0.25, -0.2) is 0 Å². The Morgan fingerprint density at radius 3 is 2.79 bits per heavy atom. The molecule has 0 unspecified atom stereocenters. The Morgan fingerprint density at radius 2 is 2.11 bits per heavy atom. The van der Waals surface area contributed by atoms with Gasteiger partial charge in [0.15, 0.2) is 5.78 Å². The number of rotatable bonds is 2. The summed E-state index contributed by atoms with van der Waals surface area (Å²) in [4.78, 5) is 12.4. The molecule has 0 N–H and O–H groups in total. The predicted octanol–water partition coefficient (Wildman–Crippen LogP) is 3.58. The van der Waals surface area contributed by atoms with Crippen LogP contribution in [0.1, 0.15) is 48.0 Å². The Kier molecular flexibility index (Phi) is 2.85. The molecule has 1 aromatic rings. The molecule has 1 aliphatic heterocycles. The number of ether oxygens (including phenoxy) is 2. The molecule has 1 fully saturated rings. The van der Waals surface area contributed by atoms with Crippen molar-refractivity contribution in [2.24, 2.45) is 0 Å². The highest BCUT2D eigenvalue weighted by Gasteiger charge is 2.42. The first kappa shape index (κ1) is 12.3. The lowest BCUT2D eigenvalue weighted by Gasteiger charge is -2.34. The third kappa shape index (κ3) is 2.03. The molecule has 1 spiro atoms. The van der Waals surface area contributed by atoms with Gasteiger partial charge < -0.3 is 9.47 Å². The number of ketones is 1. The summed E-state index contributed by atoms with van der Waals surface area (Å²) >= 11 is 0. The summed E-state index contributed by atoms with van der Waals surface area (Å²) in [5, 5.41) is 0. The fourth-order valence-electron chi connectivity index (χ4n) is 3.08. The van der Waals surface area contributed by atoms with Crippen molar-refractivity contribution in [1.82, 2.24) is 0 Å². The van der Waals surface area contributed by atoms with Gasteiger partial charge in [0, 0.05) is 5.56 Å². The second-order valence-corrected chi connectivity index (χ2v) is 5.43. The second-order valence-electron chi connectivity index (χ2n) is 5.43. The standard InChI is InChI=1S/C16H18O3/c1-11(18-2)12-5-6-15-13(9-12)14(17)10-16(19-15)7-3-4-8-16/h5-6,9H,1,3-4,7-8,10H2,2H3. The van der Waals surface area contributed by atoms with Crippen LogP contribution in [0.2, 0.25) is 0 Å². The minimum atomic E-state index is -0.232. The maximum atomic E-state index is 12.4. The van der Waals surface area contributed by atoms with Gasteiger partial charge in [0.2, 0.25) is 0 Å². The van der Waals surface area contributed by atoms with Crippen LogP contribution < -0.4 is 4.74 Å². The molecule has 3 nitrogen and oxygen atoms in total. The number of Topliss-reactive ketones (excluding diaryl/α,β-unsaturated/α-hetero) is 1. The number of carbonyl (C=O) groups is 1. The Balaban J connectivity index is 1.97. The van der Waals surface area contributed by atoms with Crippen LogP contribution in [0.5, 0.6) is 5.75 Å². The highest BCUT2D eigenvalue weighted by Crippen LogP contribution is 2.43. The first-order chi connectivity index (χ1) is 9.13. The molecule has 3 rings (SSSR count). The van der Waals surface area contributed by atoms with E-state index in [-0.39, 0.29) is 11.4 Å². The van der Waals surface area contributed by atoms with Gasteiger partial charge in [-0.1, -0.05) is 6.58 Å². The molecule has 1 aliphatic carbocycles. The summed E-state index contributed by atoms with van der Waals surface area (Å²) in [6.07, 6.45) is 4.79. The molecule has 0 radical (unpaired) electrons. The molecule has 1 aromatic carbocycles. The smallest absolute Gasteiger partial charge is 0.170 e. The van der Waals surface area contributed by atoms with E-state index in [9.17, 15) is 4.79 Å². The van der Waals surface area contributed by atoms with Crippen LogP contribution in [0.15, 0.2) is 24.8 Å².